The summed E-state index contributed by atoms with van der Waals surface area (Å²) in [6, 6.07) is 7.42. The summed E-state index contributed by atoms with van der Waals surface area (Å²) >= 11 is 12.9. The molecule has 1 unspecified atom stereocenters. The Morgan fingerprint density at radius 3 is 2.08 bits per heavy atom. The molecular formula is C20H28Cl2N2OSi. The molecule has 0 aliphatic heterocycles. The zero-order valence-electron chi connectivity index (χ0n) is 15.8. The molecular weight excluding hydrogens is 383 g/mol. The van der Waals surface area contributed by atoms with Crippen LogP contribution in [0.2, 0.25) is 28.2 Å². The van der Waals surface area contributed by atoms with Crippen LogP contribution in [0, 0.1) is 0 Å². The minimum atomic E-state index is -1.79. The maximum absolute atomic E-state index is 6.80. The number of halogens is 2. The number of aryl methyl sites for hydroxylation is 1. The lowest BCUT2D eigenvalue weighted by molar-refractivity contribution is 0.176. The molecule has 3 nitrogen and oxygen atoms in total. The van der Waals surface area contributed by atoms with Gasteiger partial charge >= 0.3 is 0 Å². The second kappa shape index (κ2) is 10.4. The fourth-order valence-corrected chi connectivity index (χ4v) is 6.78. The Morgan fingerprint density at radius 2 is 1.54 bits per heavy atom. The highest BCUT2D eigenvalue weighted by molar-refractivity contribution is 6.73. The Kier molecular flexibility index (Phi) is 8.55. The molecule has 0 saturated carbocycles. The maximum Gasteiger partial charge on any atom is 0.192 e. The standard InChI is InChI=1S/C20H28Cl2N2OSi/c1-4-26(5-2,6-3)25-19(20-17(21)14-24-15-18(20)22)9-7-8-16-10-12-23-13-11-16/h10-15,19H,4-9H2,1-3H3. The molecule has 0 radical (unpaired) electrons. The third-order valence-electron chi connectivity index (χ3n) is 5.22. The lowest BCUT2D eigenvalue weighted by Gasteiger charge is -2.34. The van der Waals surface area contributed by atoms with Crippen molar-refractivity contribution >= 4 is 31.5 Å². The Bertz CT molecular complexity index is 652. The van der Waals surface area contributed by atoms with Gasteiger partial charge in [-0.15, -0.1) is 0 Å². The van der Waals surface area contributed by atoms with Crippen molar-refractivity contribution in [3.63, 3.8) is 0 Å². The predicted octanol–water partition coefficient (Wildman–Crippen LogP) is 6.87. The van der Waals surface area contributed by atoms with E-state index in [1.165, 1.54) is 5.56 Å². The molecule has 0 aliphatic carbocycles. The normalized spacial score (nSPS) is 13.0. The first-order valence-corrected chi connectivity index (χ1v) is 12.7. The van der Waals surface area contributed by atoms with E-state index in [2.05, 4.69) is 42.9 Å². The van der Waals surface area contributed by atoms with Crippen molar-refractivity contribution in [3.8, 4) is 0 Å². The zero-order chi connectivity index (χ0) is 19.0. The smallest absolute Gasteiger partial charge is 0.192 e. The highest BCUT2D eigenvalue weighted by atomic mass is 35.5. The van der Waals surface area contributed by atoms with Gasteiger partial charge in [0.25, 0.3) is 0 Å². The molecule has 2 rings (SSSR count). The third kappa shape index (κ3) is 5.53. The summed E-state index contributed by atoms with van der Waals surface area (Å²) in [6.45, 7) is 6.72. The van der Waals surface area contributed by atoms with Crippen molar-refractivity contribution in [2.24, 2.45) is 0 Å². The molecule has 0 aromatic carbocycles. The van der Waals surface area contributed by atoms with Gasteiger partial charge in [0.1, 0.15) is 0 Å². The lowest BCUT2D eigenvalue weighted by atomic mass is 10.0. The van der Waals surface area contributed by atoms with E-state index in [9.17, 15) is 0 Å². The lowest BCUT2D eigenvalue weighted by Crippen LogP contribution is -2.37. The minimum absolute atomic E-state index is 0.0775. The van der Waals surface area contributed by atoms with Crippen LogP contribution in [0.5, 0.6) is 0 Å². The fourth-order valence-electron chi connectivity index (χ4n) is 3.33. The monoisotopic (exact) mass is 410 g/mol. The van der Waals surface area contributed by atoms with Crippen LogP contribution in [-0.4, -0.2) is 18.3 Å². The van der Waals surface area contributed by atoms with E-state index in [4.69, 9.17) is 27.6 Å². The zero-order valence-corrected chi connectivity index (χ0v) is 18.4. The van der Waals surface area contributed by atoms with Crippen molar-refractivity contribution in [2.75, 3.05) is 0 Å². The molecule has 6 heteroatoms. The summed E-state index contributed by atoms with van der Waals surface area (Å²) < 4.78 is 6.80. The Hall–Kier alpha value is -0.943. The van der Waals surface area contributed by atoms with Gasteiger partial charge in [-0.25, -0.2) is 0 Å². The van der Waals surface area contributed by atoms with Crippen LogP contribution in [0.25, 0.3) is 0 Å². The van der Waals surface area contributed by atoms with Crippen molar-refractivity contribution < 1.29 is 4.43 Å². The highest BCUT2D eigenvalue weighted by Gasteiger charge is 2.33. The van der Waals surface area contributed by atoms with E-state index in [1.807, 2.05) is 12.4 Å². The SMILES string of the molecule is CC[Si](CC)(CC)OC(CCCc1ccncc1)c1c(Cl)cncc1Cl. The largest absolute Gasteiger partial charge is 0.410 e. The van der Waals surface area contributed by atoms with Gasteiger partial charge in [0, 0.05) is 30.4 Å². The first-order chi connectivity index (χ1) is 12.5. The number of rotatable bonds is 10. The first-order valence-electron chi connectivity index (χ1n) is 9.40. The van der Waals surface area contributed by atoms with Crippen LogP contribution in [0.3, 0.4) is 0 Å². The topological polar surface area (TPSA) is 35.0 Å². The summed E-state index contributed by atoms with van der Waals surface area (Å²) in [5.41, 5.74) is 2.18. The van der Waals surface area contributed by atoms with Gasteiger partial charge in [-0.05, 0) is 55.1 Å². The molecule has 0 saturated heterocycles. The fraction of sp³-hybridized carbons (Fsp3) is 0.500. The Labute approximate surface area is 168 Å². The molecule has 0 aliphatic rings. The molecule has 0 bridgehead atoms. The average Bonchev–Trinajstić information content (AvgIpc) is 2.66. The summed E-state index contributed by atoms with van der Waals surface area (Å²) in [6.07, 6.45) is 9.80. The van der Waals surface area contributed by atoms with Gasteiger partial charge < -0.3 is 4.43 Å². The average molecular weight is 411 g/mol. The van der Waals surface area contributed by atoms with Crippen molar-refractivity contribution in [1.82, 2.24) is 9.97 Å². The Morgan fingerprint density at radius 1 is 0.962 bits per heavy atom. The summed E-state index contributed by atoms with van der Waals surface area (Å²) in [5, 5.41) is 1.19. The highest BCUT2D eigenvalue weighted by Crippen LogP contribution is 2.38. The molecule has 2 aromatic heterocycles. The number of hydrogen-bond donors (Lipinski definition) is 0. The quantitative estimate of drug-likeness (QED) is 0.400. The molecule has 0 N–H and O–H groups in total. The van der Waals surface area contributed by atoms with E-state index in [1.54, 1.807) is 12.4 Å². The molecule has 2 aromatic rings. The molecule has 0 amide bonds. The first kappa shape index (κ1) is 21.4. The van der Waals surface area contributed by atoms with Crippen LogP contribution < -0.4 is 0 Å². The number of aromatic nitrogens is 2. The minimum Gasteiger partial charge on any atom is -0.410 e. The van der Waals surface area contributed by atoms with Gasteiger partial charge in [0.15, 0.2) is 8.32 Å². The third-order valence-corrected chi connectivity index (χ3v) is 10.5. The summed E-state index contributed by atoms with van der Waals surface area (Å²) in [7, 11) is -1.79. The predicted molar refractivity (Wildman–Crippen MR) is 112 cm³/mol. The number of pyridine rings is 2. The number of nitrogens with zero attached hydrogens (tertiary/aromatic N) is 2. The van der Waals surface area contributed by atoms with Crippen molar-refractivity contribution in [3.05, 3.63) is 58.1 Å². The van der Waals surface area contributed by atoms with E-state index in [0.29, 0.717) is 10.0 Å². The molecule has 26 heavy (non-hydrogen) atoms. The molecule has 0 spiro atoms. The molecule has 2 heterocycles. The van der Waals surface area contributed by atoms with Gasteiger partial charge in [0.2, 0.25) is 0 Å². The van der Waals surface area contributed by atoms with Crippen LogP contribution in [0.15, 0.2) is 36.9 Å². The van der Waals surface area contributed by atoms with E-state index in [0.717, 1.165) is 43.0 Å². The van der Waals surface area contributed by atoms with Gasteiger partial charge in [0.05, 0.1) is 16.1 Å². The number of hydrogen-bond acceptors (Lipinski definition) is 3. The van der Waals surface area contributed by atoms with Crippen LogP contribution in [-0.2, 0) is 10.8 Å². The van der Waals surface area contributed by atoms with Gasteiger partial charge in [-0.1, -0.05) is 44.0 Å². The molecule has 0 fully saturated rings. The van der Waals surface area contributed by atoms with E-state index < -0.39 is 8.32 Å². The summed E-state index contributed by atoms with van der Waals surface area (Å²) in [4.78, 5) is 8.18. The molecule has 142 valence electrons. The molecule has 1 atom stereocenters. The second-order valence-electron chi connectivity index (χ2n) is 6.61. The van der Waals surface area contributed by atoms with Crippen molar-refractivity contribution in [1.29, 1.82) is 0 Å². The van der Waals surface area contributed by atoms with Crippen molar-refractivity contribution in [2.45, 2.75) is 64.3 Å². The van der Waals surface area contributed by atoms with E-state index in [-0.39, 0.29) is 6.10 Å². The van der Waals surface area contributed by atoms with Crippen LogP contribution in [0.4, 0.5) is 0 Å². The van der Waals surface area contributed by atoms with E-state index >= 15 is 0 Å². The van der Waals surface area contributed by atoms with Gasteiger partial charge in [-0.3, -0.25) is 9.97 Å². The van der Waals surface area contributed by atoms with Crippen LogP contribution in [0.1, 0.15) is 50.8 Å². The Balaban J connectivity index is 2.21. The second-order valence-corrected chi connectivity index (χ2v) is 12.2. The van der Waals surface area contributed by atoms with Crippen LogP contribution >= 0.6 is 23.2 Å². The summed E-state index contributed by atoms with van der Waals surface area (Å²) in [5.74, 6) is 0. The van der Waals surface area contributed by atoms with Gasteiger partial charge in [-0.2, -0.15) is 0 Å². The maximum atomic E-state index is 6.80.